The van der Waals surface area contributed by atoms with Gasteiger partial charge < -0.3 is 4.74 Å². The van der Waals surface area contributed by atoms with Crippen molar-refractivity contribution in [2.45, 2.75) is 16.7 Å². The molecule has 0 amide bonds. The van der Waals surface area contributed by atoms with Gasteiger partial charge in [-0.05, 0) is 48.7 Å². The molecule has 158 valence electrons. The quantitative estimate of drug-likeness (QED) is 0.502. The highest BCUT2D eigenvalue weighted by atomic mass is 32.2. The van der Waals surface area contributed by atoms with E-state index in [1.54, 1.807) is 13.0 Å². The summed E-state index contributed by atoms with van der Waals surface area (Å²) < 4.78 is 59.3. The molecule has 2 aromatic heterocycles. The number of thiophene rings is 1. The van der Waals surface area contributed by atoms with Gasteiger partial charge in [0.15, 0.2) is 0 Å². The van der Waals surface area contributed by atoms with Crippen molar-refractivity contribution < 1.29 is 26.4 Å². The first-order valence-electron chi connectivity index (χ1n) is 8.23. The molecule has 0 fully saturated rings. The minimum Gasteiger partial charge on any atom is -0.465 e. The van der Waals surface area contributed by atoms with Crippen molar-refractivity contribution in [2.75, 3.05) is 16.6 Å². The zero-order chi connectivity index (χ0) is 21.9. The highest BCUT2D eigenvalue weighted by molar-refractivity contribution is 7.93. The highest BCUT2D eigenvalue weighted by Crippen LogP contribution is 2.25. The van der Waals surface area contributed by atoms with Crippen LogP contribution in [0, 0.1) is 6.92 Å². The third kappa shape index (κ3) is 4.75. The number of esters is 1. The molecule has 2 N–H and O–H groups in total. The highest BCUT2D eigenvalue weighted by Gasteiger charge is 2.25. The molecule has 0 saturated heterocycles. The van der Waals surface area contributed by atoms with E-state index >= 15 is 0 Å². The Morgan fingerprint density at radius 2 is 1.70 bits per heavy atom. The van der Waals surface area contributed by atoms with E-state index in [2.05, 4.69) is 24.1 Å². The van der Waals surface area contributed by atoms with Crippen LogP contribution in [0.2, 0.25) is 0 Å². The normalized spacial score (nSPS) is 11.7. The largest absolute Gasteiger partial charge is 0.465 e. The zero-order valence-electron chi connectivity index (χ0n) is 15.7. The van der Waals surface area contributed by atoms with Gasteiger partial charge in [-0.15, -0.1) is 11.3 Å². The number of anilines is 2. The Morgan fingerprint density at radius 1 is 1.00 bits per heavy atom. The van der Waals surface area contributed by atoms with E-state index in [0.29, 0.717) is 5.69 Å². The summed E-state index contributed by atoms with van der Waals surface area (Å²) >= 11 is 0.934. The van der Waals surface area contributed by atoms with E-state index in [4.69, 9.17) is 0 Å². The van der Waals surface area contributed by atoms with Crippen molar-refractivity contribution in [3.05, 3.63) is 58.5 Å². The number of hydrogen-bond donors (Lipinski definition) is 2. The number of aromatic nitrogens is 2. The molecule has 13 heteroatoms. The van der Waals surface area contributed by atoms with E-state index in [0.717, 1.165) is 18.4 Å². The lowest BCUT2D eigenvalue weighted by Crippen LogP contribution is -2.17. The van der Waals surface area contributed by atoms with Crippen LogP contribution < -0.4 is 9.44 Å². The number of methoxy groups -OCH3 is 1. The van der Waals surface area contributed by atoms with Gasteiger partial charge in [-0.25, -0.2) is 36.3 Å². The second-order valence-corrected chi connectivity index (χ2v) is 10.1. The molecule has 3 aromatic rings. The summed E-state index contributed by atoms with van der Waals surface area (Å²) in [5, 5.41) is 1.45. The number of ether oxygens (including phenoxy) is 1. The molecule has 2 heterocycles. The fourth-order valence-electron chi connectivity index (χ4n) is 2.34. The maximum atomic E-state index is 12.6. The summed E-state index contributed by atoms with van der Waals surface area (Å²) in [4.78, 5) is 19.2. The molecule has 0 aliphatic rings. The van der Waals surface area contributed by atoms with Gasteiger partial charge in [0.1, 0.15) is 9.77 Å². The van der Waals surface area contributed by atoms with Crippen LogP contribution in [-0.2, 0) is 24.8 Å². The topological polar surface area (TPSA) is 144 Å². The van der Waals surface area contributed by atoms with Gasteiger partial charge in [0.25, 0.3) is 20.0 Å². The Morgan fingerprint density at radius 3 is 2.33 bits per heavy atom. The average Bonchev–Trinajstić information content (AvgIpc) is 3.18. The average molecular weight is 469 g/mol. The summed E-state index contributed by atoms with van der Waals surface area (Å²) in [6, 6.07) is 7.93. The second-order valence-electron chi connectivity index (χ2n) is 5.86. The standard InChI is InChI=1S/C17H16N4O6S3/c1-11-7-9-18-17(19-11)21-29(23,24)13-5-3-12(4-6-13)20-30(25,26)14-8-10-28-15(14)16(22)27-2/h3-10,20H,1-2H3,(H,18,19,21). The minimum absolute atomic E-state index is 0.0634. The van der Waals surface area contributed by atoms with Crippen LogP contribution in [-0.4, -0.2) is 39.9 Å². The van der Waals surface area contributed by atoms with Gasteiger partial charge in [-0.3, -0.25) is 4.72 Å². The van der Waals surface area contributed by atoms with Crippen molar-refractivity contribution in [2.24, 2.45) is 0 Å². The predicted molar refractivity (Wildman–Crippen MR) is 110 cm³/mol. The van der Waals surface area contributed by atoms with Gasteiger partial charge >= 0.3 is 5.97 Å². The van der Waals surface area contributed by atoms with Crippen LogP contribution in [0.4, 0.5) is 11.6 Å². The SMILES string of the molecule is COC(=O)c1sccc1S(=O)(=O)Nc1ccc(S(=O)(=O)Nc2nccc(C)n2)cc1. The summed E-state index contributed by atoms with van der Waals surface area (Å²) in [5.41, 5.74) is 0.704. The number of hydrogen-bond acceptors (Lipinski definition) is 9. The van der Waals surface area contributed by atoms with Crippen LogP contribution in [0.15, 0.2) is 57.8 Å². The van der Waals surface area contributed by atoms with Gasteiger partial charge in [0, 0.05) is 17.6 Å². The number of carbonyl (C=O) groups excluding carboxylic acids is 1. The Bertz CT molecular complexity index is 1290. The molecule has 3 rings (SSSR count). The number of aryl methyl sites for hydroxylation is 1. The van der Waals surface area contributed by atoms with Gasteiger partial charge in [0.05, 0.1) is 12.0 Å². The Hall–Kier alpha value is -3.03. The Kier molecular flexibility index (Phi) is 6.05. The monoisotopic (exact) mass is 468 g/mol. The summed E-state index contributed by atoms with van der Waals surface area (Å²) in [5.74, 6) is -0.844. The first-order chi connectivity index (χ1) is 14.1. The van der Waals surface area contributed by atoms with E-state index < -0.39 is 26.0 Å². The number of carbonyl (C=O) groups is 1. The predicted octanol–water partition coefficient (Wildman–Crippen LogP) is 2.23. The zero-order valence-corrected chi connectivity index (χ0v) is 18.1. The van der Waals surface area contributed by atoms with Crippen LogP contribution in [0.5, 0.6) is 0 Å². The van der Waals surface area contributed by atoms with Crippen LogP contribution in [0.1, 0.15) is 15.4 Å². The van der Waals surface area contributed by atoms with Crippen molar-refractivity contribution in [3.63, 3.8) is 0 Å². The third-order valence-electron chi connectivity index (χ3n) is 3.73. The van der Waals surface area contributed by atoms with Crippen molar-refractivity contribution in [1.82, 2.24) is 9.97 Å². The van der Waals surface area contributed by atoms with Crippen LogP contribution in [0.3, 0.4) is 0 Å². The molecule has 0 aliphatic carbocycles. The molecule has 0 aliphatic heterocycles. The van der Waals surface area contributed by atoms with E-state index in [1.807, 2.05) is 0 Å². The Labute approximate surface area is 177 Å². The molecule has 0 saturated carbocycles. The molecule has 0 atom stereocenters. The molecule has 0 bridgehead atoms. The van der Waals surface area contributed by atoms with Crippen molar-refractivity contribution in [3.8, 4) is 0 Å². The lowest BCUT2D eigenvalue weighted by molar-refractivity contribution is 0.0602. The molecule has 10 nitrogen and oxygen atoms in total. The van der Waals surface area contributed by atoms with Gasteiger partial charge in [-0.2, -0.15) is 0 Å². The maximum Gasteiger partial charge on any atom is 0.349 e. The fourth-order valence-corrected chi connectivity index (χ4v) is 5.69. The first kappa shape index (κ1) is 21.7. The van der Waals surface area contributed by atoms with Gasteiger partial charge in [0.2, 0.25) is 5.95 Å². The molecule has 0 radical (unpaired) electrons. The lowest BCUT2D eigenvalue weighted by atomic mass is 10.3. The Balaban J connectivity index is 1.80. The number of nitrogens with one attached hydrogen (secondary N) is 2. The van der Waals surface area contributed by atoms with Gasteiger partial charge in [-0.1, -0.05) is 0 Å². The van der Waals surface area contributed by atoms with E-state index in [9.17, 15) is 21.6 Å². The fraction of sp³-hybridized carbons (Fsp3) is 0.118. The summed E-state index contributed by atoms with van der Waals surface area (Å²) in [6.45, 7) is 1.69. The second kappa shape index (κ2) is 8.38. The number of benzene rings is 1. The number of sulfonamides is 2. The molecule has 0 unspecified atom stereocenters. The molecule has 30 heavy (non-hydrogen) atoms. The maximum absolute atomic E-state index is 12.6. The molecule has 0 spiro atoms. The molecular weight excluding hydrogens is 452 g/mol. The van der Waals surface area contributed by atoms with Crippen LogP contribution >= 0.6 is 11.3 Å². The minimum atomic E-state index is -4.08. The molecule has 1 aromatic carbocycles. The third-order valence-corrected chi connectivity index (χ3v) is 7.52. The van der Waals surface area contributed by atoms with Crippen molar-refractivity contribution in [1.29, 1.82) is 0 Å². The smallest absolute Gasteiger partial charge is 0.349 e. The molecular formula is C17H16N4O6S3. The van der Waals surface area contributed by atoms with E-state index in [1.165, 1.54) is 41.9 Å². The number of nitrogens with zero attached hydrogens (tertiary/aromatic N) is 2. The van der Waals surface area contributed by atoms with Crippen LogP contribution in [0.25, 0.3) is 0 Å². The van der Waals surface area contributed by atoms with Crippen molar-refractivity contribution >= 4 is 49.0 Å². The summed E-state index contributed by atoms with van der Waals surface area (Å²) in [7, 11) is -6.90. The lowest BCUT2D eigenvalue weighted by Gasteiger charge is -2.10. The van der Waals surface area contributed by atoms with E-state index in [-0.39, 0.29) is 26.3 Å². The first-order valence-corrected chi connectivity index (χ1v) is 12.1. The number of rotatable bonds is 7. The summed E-state index contributed by atoms with van der Waals surface area (Å²) in [6.07, 6.45) is 1.42.